The summed E-state index contributed by atoms with van der Waals surface area (Å²) < 4.78 is 0. The molecule has 0 saturated heterocycles. The van der Waals surface area contributed by atoms with Crippen LogP contribution in [-0.2, 0) is 0 Å². The second kappa shape index (κ2) is 9.00. The van der Waals surface area contributed by atoms with Crippen LogP contribution in [-0.4, -0.2) is 0 Å². The molecule has 0 N–H and O–H groups in total. The van der Waals surface area contributed by atoms with Crippen LogP contribution < -0.4 is 0 Å². The lowest BCUT2D eigenvalue weighted by Crippen LogP contribution is -2.10. The van der Waals surface area contributed by atoms with Crippen molar-refractivity contribution in [2.75, 3.05) is 0 Å². The third-order valence-electron chi connectivity index (χ3n) is 3.08. The van der Waals surface area contributed by atoms with E-state index in [9.17, 15) is 0 Å². The molecule has 0 aliphatic heterocycles. The van der Waals surface area contributed by atoms with Gasteiger partial charge in [-0.2, -0.15) is 0 Å². The molecule has 0 aliphatic rings. The van der Waals surface area contributed by atoms with E-state index >= 15 is 0 Å². The predicted octanol–water partition coefficient (Wildman–Crippen LogP) is 5.73. The van der Waals surface area contributed by atoms with Gasteiger partial charge in [0.1, 0.15) is 0 Å². The molecule has 0 heteroatoms. The van der Waals surface area contributed by atoms with Crippen molar-refractivity contribution >= 4 is 0 Å². The molecular weight excluding hydrogens is 180 g/mol. The highest BCUT2D eigenvalue weighted by molar-refractivity contribution is 4.80. The summed E-state index contributed by atoms with van der Waals surface area (Å²) in [7, 11) is 0. The summed E-state index contributed by atoms with van der Waals surface area (Å²) in [5, 5.41) is 0. The van der Waals surface area contributed by atoms with Crippen molar-refractivity contribution in [2.24, 2.45) is 5.41 Å². The molecule has 0 aromatic carbocycles. The molecule has 15 heavy (non-hydrogen) atoms. The van der Waals surface area contributed by atoms with Gasteiger partial charge >= 0.3 is 0 Å². The Labute approximate surface area is 97.2 Å². The van der Waals surface area contributed by atoms with Crippen LogP contribution in [0.15, 0.2) is 12.2 Å². The van der Waals surface area contributed by atoms with Crippen LogP contribution in [0.25, 0.3) is 0 Å². The SMILES string of the molecule is CCC=CCCCCC(C)(C)CCCC. The lowest BCUT2D eigenvalue weighted by atomic mass is 9.82. The average Bonchev–Trinajstić information content (AvgIpc) is 2.20. The van der Waals surface area contributed by atoms with E-state index in [0.29, 0.717) is 5.41 Å². The molecule has 0 aromatic heterocycles. The molecule has 0 amide bonds. The average molecular weight is 210 g/mol. The highest BCUT2D eigenvalue weighted by atomic mass is 14.2. The molecule has 0 rings (SSSR count). The van der Waals surface area contributed by atoms with Crippen molar-refractivity contribution in [1.29, 1.82) is 0 Å². The molecule has 0 radical (unpaired) electrons. The van der Waals surface area contributed by atoms with Crippen molar-refractivity contribution in [3.63, 3.8) is 0 Å². The molecular formula is C15H30. The lowest BCUT2D eigenvalue weighted by Gasteiger charge is -2.24. The van der Waals surface area contributed by atoms with E-state index in [1.54, 1.807) is 0 Å². The van der Waals surface area contributed by atoms with E-state index in [0.717, 1.165) is 0 Å². The fourth-order valence-electron chi connectivity index (χ4n) is 1.93. The first-order chi connectivity index (χ1) is 7.12. The van der Waals surface area contributed by atoms with Gasteiger partial charge in [0.15, 0.2) is 0 Å². The molecule has 90 valence electrons. The Kier molecular flexibility index (Phi) is 8.85. The quantitative estimate of drug-likeness (QED) is 0.337. The Morgan fingerprint density at radius 1 is 0.867 bits per heavy atom. The smallest absolute Gasteiger partial charge is 0.0351 e. The maximum Gasteiger partial charge on any atom is -0.0351 e. The number of hydrogen-bond donors (Lipinski definition) is 0. The van der Waals surface area contributed by atoms with E-state index in [1.165, 1.54) is 51.4 Å². The zero-order chi connectivity index (χ0) is 11.6. The van der Waals surface area contributed by atoms with Crippen molar-refractivity contribution in [2.45, 2.75) is 79.1 Å². The maximum absolute atomic E-state index is 2.42. The van der Waals surface area contributed by atoms with E-state index < -0.39 is 0 Å². The molecule has 0 spiro atoms. The lowest BCUT2D eigenvalue weighted by molar-refractivity contribution is 0.287. The van der Waals surface area contributed by atoms with Crippen molar-refractivity contribution in [3.05, 3.63) is 12.2 Å². The van der Waals surface area contributed by atoms with E-state index in [1.807, 2.05) is 0 Å². The minimum Gasteiger partial charge on any atom is -0.0888 e. The fraction of sp³-hybridized carbons (Fsp3) is 0.867. The Balaban J connectivity index is 3.43. The van der Waals surface area contributed by atoms with Crippen LogP contribution in [0, 0.1) is 5.41 Å². The second-order valence-corrected chi connectivity index (χ2v) is 5.39. The van der Waals surface area contributed by atoms with Crippen LogP contribution >= 0.6 is 0 Å². The Morgan fingerprint density at radius 3 is 2.13 bits per heavy atom. The normalized spacial score (nSPS) is 12.5. The minimum absolute atomic E-state index is 0.574. The van der Waals surface area contributed by atoms with Gasteiger partial charge in [0, 0.05) is 0 Å². The number of unbranched alkanes of at least 4 members (excludes halogenated alkanes) is 3. The summed E-state index contributed by atoms with van der Waals surface area (Å²) in [4.78, 5) is 0. The van der Waals surface area contributed by atoms with Gasteiger partial charge in [-0.3, -0.25) is 0 Å². The van der Waals surface area contributed by atoms with Crippen molar-refractivity contribution in [1.82, 2.24) is 0 Å². The van der Waals surface area contributed by atoms with Gasteiger partial charge in [-0.15, -0.1) is 0 Å². The number of hydrogen-bond acceptors (Lipinski definition) is 0. The first-order valence-corrected chi connectivity index (χ1v) is 6.77. The monoisotopic (exact) mass is 210 g/mol. The highest BCUT2D eigenvalue weighted by Gasteiger charge is 2.15. The second-order valence-electron chi connectivity index (χ2n) is 5.39. The molecule has 0 unspecified atom stereocenters. The Bertz CT molecular complexity index is 153. The molecule has 0 nitrogen and oxygen atoms in total. The van der Waals surface area contributed by atoms with E-state index in [4.69, 9.17) is 0 Å². The molecule has 0 fully saturated rings. The van der Waals surface area contributed by atoms with Crippen LogP contribution in [0.5, 0.6) is 0 Å². The third-order valence-corrected chi connectivity index (χ3v) is 3.08. The van der Waals surface area contributed by atoms with Gasteiger partial charge < -0.3 is 0 Å². The largest absolute Gasteiger partial charge is 0.0888 e. The van der Waals surface area contributed by atoms with Gasteiger partial charge in [-0.05, 0) is 37.5 Å². The molecule has 0 aromatic rings. The summed E-state index contributed by atoms with van der Waals surface area (Å²) in [5.74, 6) is 0. The molecule has 0 heterocycles. The molecule has 0 aliphatic carbocycles. The van der Waals surface area contributed by atoms with Gasteiger partial charge in [0.25, 0.3) is 0 Å². The topological polar surface area (TPSA) is 0 Å². The number of allylic oxidation sites excluding steroid dienone is 2. The zero-order valence-electron chi connectivity index (χ0n) is 11.3. The summed E-state index contributed by atoms with van der Waals surface area (Å²) in [5.41, 5.74) is 0.574. The fourth-order valence-corrected chi connectivity index (χ4v) is 1.93. The van der Waals surface area contributed by atoms with Crippen LogP contribution in [0.3, 0.4) is 0 Å². The summed E-state index contributed by atoms with van der Waals surface area (Å²) in [6, 6.07) is 0. The van der Waals surface area contributed by atoms with E-state index in [2.05, 4.69) is 39.8 Å². The van der Waals surface area contributed by atoms with Crippen LogP contribution in [0.1, 0.15) is 79.1 Å². The number of rotatable bonds is 9. The third kappa shape index (κ3) is 10.0. The first kappa shape index (κ1) is 14.7. The van der Waals surface area contributed by atoms with Gasteiger partial charge in [-0.25, -0.2) is 0 Å². The van der Waals surface area contributed by atoms with Gasteiger partial charge in [-0.1, -0.05) is 59.1 Å². The highest BCUT2D eigenvalue weighted by Crippen LogP contribution is 2.29. The van der Waals surface area contributed by atoms with Gasteiger partial charge in [0.2, 0.25) is 0 Å². The molecule has 0 atom stereocenters. The van der Waals surface area contributed by atoms with Crippen LogP contribution in [0.2, 0.25) is 0 Å². The van der Waals surface area contributed by atoms with Crippen molar-refractivity contribution < 1.29 is 0 Å². The standard InChI is InChI=1S/C15H30/c1-5-7-9-10-11-12-14-15(3,4)13-8-6-2/h7,9H,5-6,8,10-14H2,1-4H3. The Hall–Kier alpha value is -0.260. The minimum atomic E-state index is 0.574. The zero-order valence-corrected chi connectivity index (χ0v) is 11.3. The molecule has 0 bridgehead atoms. The Morgan fingerprint density at radius 2 is 1.53 bits per heavy atom. The summed E-state index contributed by atoms with van der Waals surface area (Å²) in [6.45, 7) is 9.32. The summed E-state index contributed by atoms with van der Waals surface area (Å²) >= 11 is 0. The molecule has 0 saturated carbocycles. The van der Waals surface area contributed by atoms with E-state index in [-0.39, 0.29) is 0 Å². The summed E-state index contributed by atoms with van der Waals surface area (Å²) in [6.07, 6.45) is 15.4. The predicted molar refractivity (Wildman–Crippen MR) is 71.2 cm³/mol. The maximum atomic E-state index is 2.42. The van der Waals surface area contributed by atoms with Gasteiger partial charge in [0.05, 0.1) is 0 Å². The van der Waals surface area contributed by atoms with Crippen molar-refractivity contribution in [3.8, 4) is 0 Å². The first-order valence-electron chi connectivity index (χ1n) is 6.77. The van der Waals surface area contributed by atoms with Crippen LogP contribution in [0.4, 0.5) is 0 Å².